The number of fused-ring (bicyclic) bond motifs is 1. The predicted molar refractivity (Wildman–Crippen MR) is 88.4 cm³/mol. The second kappa shape index (κ2) is 7.22. The lowest BCUT2D eigenvalue weighted by Gasteiger charge is -2.50. The average molecular weight is 357 g/mol. The minimum Gasteiger partial charge on any atom is -0.376 e. The smallest absolute Gasteiger partial charge is 0.302 e. The highest BCUT2D eigenvalue weighted by atomic mass is 31.2. The average Bonchev–Trinajstić information content (AvgIpc) is 2.62. The zero-order chi connectivity index (χ0) is 17.3. The number of benzene rings is 1. The zero-order valence-electron chi connectivity index (χ0n) is 14.3. The van der Waals surface area contributed by atoms with Gasteiger partial charge in [0, 0.05) is 27.9 Å². The van der Waals surface area contributed by atoms with Crippen molar-refractivity contribution in [2.24, 2.45) is 0 Å². The molecule has 0 N–H and O–H groups in total. The molecule has 24 heavy (non-hydrogen) atoms. The minimum absolute atomic E-state index is 0.318. The molecule has 2 fully saturated rings. The fourth-order valence-electron chi connectivity index (χ4n) is 3.35. The first-order chi connectivity index (χ1) is 11.5. The van der Waals surface area contributed by atoms with Crippen molar-refractivity contribution >= 4 is 12.8 Å². The Bertz CT molecular complexity index is 599. The first-order valence-corrected chi connectivity index (χ1v) is 9.42. The monoisotopic (exact) mass is 357 g/mol. The molecule has 0 radical (unpaired) electrons. The first-order valence-electron chi connectivity index (χ1n) is 7.84. The van der Waals surface area contributed by atoms with Crippen LogP contribution < -0.4 is 5.30 Å². The molecule has 3 rings (SSSR count). The van der Waals surface area contributed by atoms with Crippen molar-refractivity contribution in [3.05, 3.63) is 30.3 Å². The molecule has 0 aliphatic carbocycles. The maximum atomic E-state index is 13.5. The molecule has 8 heteroatoms. The molecule has 2 heterocycles. The minimum atomic E-state index is -3.18. The van der Waals surface area contributed by atoms with Crippen LogP contribution in [0.1, 0.15) is 0 Å². The van der Waals surface area contributed by atoms with Gasteiger partial charge < -0.3 is 23.5 Å². The van der Waals surface area contributed by atoms with Gasteiger partial charge in [-0.15, -0.1) is 0 Å². The van der Waals surface area contributed by atoms with Crippen molar-refractivity contribution in [3.63, 3.8) is 0 Å². The molecule has 134 valence electrons. The van der Waals surface area contributed by atoms with Crippen LogP contribution >= 0.6 is 7.52 Å². The van der Waals surface area contributed by atoms with Crippen molar-refractivity contribution in [1.82, 2.24) is 4.67 Å². The molecule has 0 bridgehead atoms. The lowest BCUT2D eigenvalue weighted by atomic mass is 9.98. The van der Waals surface area contributed by atoms with Gasteiger partial charge in [-0.05, 0) is 19.2 Å². The highest BCUT2D eigenvalue weighted by molar-refractivity contribution is 7.64. The fourth-order valence-corrected chi connectivity index (χ4v) is 5.53. The fraction of sp³-hybridized carbons (Fsp3) is 0.625. The number of ether oxygens (including phenoxy) is 4. The predicted octanol–water partition coefficient (Wildman–Crippen LogP) is 1.24. The van der Waals surface area contributed by atoms with Crippen LogP contribution in [0.5, 0.6) is 0 Å². The summed E-state index contributed by atoms with van der Waals surface area (Å²) < 4.78 is 43.8. The van der Waals surface area contributed by atoms with E-state index in [-0.39, 0.29) is 6.10 Å². The van der Waals surface area contributed by atoms with E-state index in [0.29, 0.717) is 11.8 Å². The number of hydrogen-bond acceptors (Lipinski definition) is 6. The molecular weight excluding hydrogens is 333 g/mol. The van der Waals surface area contributed by atoms with E-state index in [1.54, 1.807) is 33.0 Å². The normalized spacial score (nSPS) is 40.2. The highest BCUT2D eigenvalue weighted by Gasteiger charge is 2.54. The third kappa shape index (κ3) is 2.95. The molecule has 6 atom stereocenters. The van der Waals surface area contributed by atoms with Crippen LogP contribution in [0.3, 0.4) is 0 Å². The maximum absolute atomic E-state index is 13.5. The Kier molecular flexibility index (Phi) is 5.42. The second-order valence-electron chi connectivity index (χ2n) is 5.95. The number of hydrogen-bond donors (Lipinski definition) is 0. The molecule has 1 aromatic rings. The van der Waals surface area contributed by atoms with Crippen LogP contribution in [-0.2, 0) is 28.0 Å². The van der Waals surface area contributed by atoms with E-state index < -0.39 is 32.1 Å². The molecule has 0 aromatic heterocycles. The molecule has 2 aliphatic heterocycles. The van der Waals surface area contributed by atoms with Gasteiger partial charge in [0.15, 0.2) is 6.29 Å². The number of likely N-dealkylation sites (N-methyl/N-ethyl adjacent to an activating group) is 1. The summed E-state index contributed by atoms with van der Waals surface area (Å²) >= 11 is 0. The van der Waals surface area contributed by atoms with E-state index in [0.717, 1.165) is 0 Å². The molecule has 2 saturated heterocycles. The Morgan fingerprint density at radius 1 is 1.08 bits per heavy atom. The molecular formula is C16H24NO6P. The van der Waals surface area contributed by atoms with Gasteiger partial charge in [-0.2, -0.15) is 0 Å². The lowest BCUT2D eigenvalue weighted by Crippen LogP contribution is -2.64. The Morgan fingerprint density at radius 2 is 1.75 bits per heavy atom. The van der Waals surface area contributed by atoms with Crippen LogP contribution in [-0.4, -0.2) is 70.3 Å². The van der Waals surface area contributed by atoms with E-state index >= 15 is 0 Å². The van der Waals surface area contributed by atoms with Gasteiger partial charge in [0.05, 0.1) is 5.30 Å². The van der Waals surface area contributed by atoms with Crippen LogP contribution in [0.25, 0.3) is 0 Å². The molecule has 7 nitrogen and oxygen atoms in total. The molecule has 1 aromatic carbocycles. The van der Waals surface area contributed by atoms with Gasteiger partial charge in [-0.25, -0.2) is 4.67 Å². The summed E-state index contributed by atoms with van der Waals surface area (Å²) in [7, 11) is 3.31. The molecule has 0 spiro atoms. The van der Waals surface area contributed by atoms with Gasteiger partial charge in [-0.3, -0.25) is 4.57 Å². The van der Waals surface area contributed by atoms with Crippen molar-refractivity contribution in [2.45, 2.75) is 30.7 Å². The number of nitrogens with zero attached hydrogens (tertiary/aromatic N) is 1. The third-order valence-corrected chi connectivity index (χ3v) is 7.15. The van der Waals surface area contributed by atoms with Crippen molar-refractivity contribution < 1.29 is 28.0 Å². The van der Waals surface area contributed by atoms with E-state index in [1.165, 1.54) is 0 Å². The van der Waals surface area contributed by atoms with Gasteiger partial charge in [0.25, 0.3) is 0 Å². The van der Waals surface area contributed by atoms with Crippen molar-refractivity contribution in [1.29, 1.82) is 0 Å². The van der Waals surface area contributed by atoms with Crippen LogP contribution in [0, 0.1) is 0 Å². The third-order valence-electron chi connectivity index (χ3n) is 4.61. The van der Waals surface area contributed by atoms with Crippen molar-refractivity contribution in [3.8, 4) is 0 Å². The summed E-state index contributed by atoms with van der Waals surface area (Å²) in [5.74, 6) is 0. The Balaban J connectivity index is 1.93. The van der Waals surface area contributed by atoms with E-state index in [9.17, 15) is 4.57 Å². The van der Waals surface area contributed by atoms with E-state index in [1.807, 2.05) is 30.3 Å². The van der Waals surface area contributed by atoms with Crippen LogP contribution in [0.15, 0.2) is 30.3 Å². The quantitative estimate of drug-likeness (QED) is 0.751. The summed E-state index contributed by atoms with van der Waals surface area (Å²) in [4.78, 5) is 0. The van der Waals surface area contributed by atoms with Gasteiger partial charge in [-0.1, -0.05) is 18.2 Å². The number of methoxy groups -OCH3 is 3. The summed E-state index contributed by atoms with van der Waals surface area (Å²) in [6.07, 6.45) is -2.29. The van der Waals surface area contributed by atoms with Crippen LogP contribution in [0.4, 0.5) is 0 Å². The Labute approximate surface area is 142 Å². The molecule has 2 aliphatic rings. The Hall–Kier alpha value is -0.790. The molecule has 0 amide bonds. The van der Waals surface area contributed by atoms with Gasteiger partial charge in [0.1, 0.15) is 24.4 Å². The standard InChI is InChI=1S/C16H24NO6P/c1-17-10-12-13(14(19-2)15(20-3)16(21-4)22-12)23-24(17,18)11-8-6-5-7-9-11/h5-9,12-16H,10H2,1-4H3/t12-,13-,14+,15-,16+,24-/m1/s1. The molecule has 0 saturated carbocycles. The topological polar surface area (TPSA) is 66.5 Å². The largest absolute Gasteiger partial charge is 0.376 e. The molecule has 0 unspecified atom stereocenters. The van der Waals surface area contributed by atoms with E-state index in [4.69, 9.17) is 23.5 Å². The highest BCUT2D eigenvalue weighted by Crippen LogP contribution is 2.55. The van der Waals surface area contributed by atoms with Crippen molar-refractivity contribution in [2.75, 3.05) is 34.9 Å². The summed E-state index contributed by atoms with van der Waals surface area (Å²) in [6, 6.07) is 9.21. The Morgan fingerprint density at radius 3 is 2.33 bits per heavy atom. The van der Waals surface area contributed by atoms with Gasteiger partial charge >= 0.3 is 7.52 Å². The number of rotatable bonds is 4. The van der Waals surface area contributed by atoms with Gasteiger partial charge in [0.2, 0.25) is 0 Å². The summed E-state index contributed by atoms with van der Waals surface area (Å²) in [5, 5.41) is 0.656. The summed E-state index contributed by atoms with van der Waals surface area (Å²) in [5.41, 5.74) is 0. The SMILES string of the molecule is CO[C@H]1O[C@@H]2CN(C)[P@@](=O)(c3ccccc3)O[C@H]2[C@H](OC)[C@H]1OC. The van der Waals surface area contributed by atoms with Crippen LogP contribution in [0.2, 0.25) is 0 Å². The summed E-state index contributed by atoms with van der Waals surface area (Å²) in [6.45, 7) is 0.451. The second-order valence-corrected chi connectivity index (χ2v) is 8.40. The van der Waals surface area contributed by atoms with E-state index in [2.05, 4.69) is 0 Å². The maximum Gasteiger partial charge on any atom is 0.302 e. The zero-order valence-corrected chi connectivity index (χ0v) is 15.2. The first kappa shape index (κ1) is 18.0. The lowest BCUT2D eigenvalue weighted by molar-refractivity contribution is -0.299.